The Kier molecular flexibility index (Phi) is 5.85. The van der Waals surface area contributed by atoms with Gasteiger partial charge < -0.3 is 5.73 Å². The molecular weight excluding hydrogens is 466 g/mol. The maximum Gasteiger partial charge on any atom is 0.239 e. The summed E-state index contributed by atoms with van der Waals surface area (Å²) in [5, 5.41) is 0. The van der Waals surface area contributed by atoms with E-state index in [2.05, 4.69) is 9.98 Å². The Balaban J connectivity index is 1.98. The van der Waals surface area contributed by atoms with E-state index in [0.717, 1.165) is 22.8 Å². The molecule has 1 aromatic heterocycles. The summed E-state index contributed by atoms with van der Waals surface area (Å²) in [6, 6.07) is 4.42. The smallest absolute Gasteiger partial charge is 0.239 e. The third-order valence-electron chi connectivity index (χ3n) is 5.05. The van der Waals surface area contributed by atoms with Crippen LogP contribution in [0.15, 0.2) is 40.4 Å². The number of guanidine groups is 1. The van der Waals surface area contributed by atoms with Crippen molar-refractivity contribution in [3.8, 4) is 0 Å². The third kappa shape index (κ3) is 4.48. The van der Waals surface area contributed by atoms with Gasteiger partial charge in [-0.2, -0.15) is 0 Å². The molecule has 2 heterocycles. The monoisotopic (exact) mass is 486 g/mol. The number of Topliss-reactive ketones (excluding diaryl/α,β-unsaturated/α-hetero) is 1. The van der Waals surface area contributed by atoms with Crippen molar-refractivity contribution in [2.75, 3.05) is 19.1 Å². The Labute approximate surface area is 183 Å². The van der Waals surface area contributed by atoms with E-state index < -0.39 is 55.0 Å². The zero-order valence-corrected chi connectivity index (χ0v) is 19.0. The lowest BCUT2D eigenvalue weighted by molar-refractivity contribution is 0.0988. The van der Waals surface area contributed by atoms with Crippen molar-refractivity contribution in [3.63, 3.8) is 0 Å². The summed E-state index contributed by atoms with van der Waals surface area (Å²) in [6.07, 6.45) is 1.63. The van der Waals surface area contributed by atoms with Gasteiger partial charge in [0.2, 0.25) is 16.0 Å². The van der Waals surface area contributed by atoms with Crippen LogP contribution in [0, 0.1) is 11.6 Å². The van der Waals surface area contributed by atoms with Gasteiger partial charge in [0.05, 0.1) is 10.6 Å². The number of rotatable bonds is 5. The molecule has 2 N–H and O–H groups in total. The zero-order valence-electron chi connectivity index (χ0n) is 17.3. The molecule has 0 spiro atoms. The van der Waals surface area contributed by atoms with Crippen LogP contribution in [0.1, 0.15) is 28.5 Å². The number of carbonyl (C=O) groups is 1. The predicted octanol–water partition coefficient (Wildman–Crippen LogP) is 0.994. The van der Waals surface area contributed by atoms with Crippen molar-refractivity contribution >= 4 is 31.6 Å². The lowest BCUT2D eigenvalue weighted by atomic mass is 9.91. The van der Waals surface area contributed by atoms with E-state index in [-0.39, 0.29) is 27.7 Å². The number of aromatic nitrogens is 1. The molecule has 1 atom stereocenters. The van der Waals surface area contributed by atoms with E-state index >= 15 is 0 Å². The molecule has 0 fully saturated rings. The average Bonchev–Trinajstić information content (AvgIpc) is 2.67. The lowest BCUT2D eigenvalue weighted by Crippen LogP contribution is -2.50. The first-order chi connectivity index (χ1) is 14.6. The van der Waals surface area contributed by atoms with Crippen LogP contribution < -0.4 is 5.73 Å². The van der Waals surface area contributed by atoms with Gasteiger partial charge in [-0.3, -0.25) is 9.78 Å². The van der Waals surface area contributed by atoms with Gasteiger partial charge in [0.15, 0.2) is 27.3 Å². The molecule has 3 rings (SSSR count). The normalized spacial score (nSPS) is 20.7. The van der Waals surface area contributed by atoms with Crippen LogP contribution in [-0.2, 0) is 31.8 Å². The minimum Gasteiger partial charge on any atom is -0.369 e. The minimum atomic E-state index is -3.93. The number of pyridine rings is 1. The molecule has 32 heavy (non-hydrogen) atoms. The first kappa shape index (κ1) is 23.7. The fourth-order valence-electron chi connectivity index (χ4n) is 3.27. The van der Waals surface area contributed by atoms with Gasteiger partial charge in [0, 0.05) is 31.5 Å². The number of sulfone groups is 1. The van der Waals surface area contributed by atoms with Gasteiger partial charge in [0.1, 0.15) is 11.2 Å². The number of aliphatic imine (C=N–C) groups is 1. The van der Waals surface area contributed by atoms with E-state index in [0.29, 0.717) is 0 Å². The lowest BCUT2D eigenvalue weighted by Gasteiger charge is -2.34. The molecule has 0 bridgehead atoms. The summed E-state index contributed by atoms with van der Waals surface area (Å²) in [6.45, 7) is 1.30. The predicted molar refractivity (Wildman–Crippen MR) is 112 cm³/mol. The Morgan fingerprint density at radius 2 is 1.94 bits per heavy atom. The van der Waals surface area contributed by atoms with E-state index in [1.54, 1.807) is 0 Å². The van der Waals surface area contributed by atoms with Crippen LogP contribution in [0.2, 0.25) is 0 Å². The van der Waals surface area contributed by atoms with Gasteiger partial charge in [-0.1, -0.05) is 0 Å². The molecule has 0 saturated heterocycles. The first-order valence-electron chi connectivity index (χ1n) is 9.14. The number of carbonyl (C=O) groups excluding carboxylic acids is 1. The highest BCUT2D eigenvalue weighted by molar-refractivity contribution is 7.90. The number of nitrogens with two attached hydrogens (primary N) is 1. The molecular formula is C19H20F2N4O5S2. The van der Waals surface area contributed by atoms with E-state index in [9.17, 15) is 30.4 Å². The summed E-state index contributed by atoms with van der Waals surface area (Å²) in [5.41, 5.74) is 3.58. The molecule has 1 aromatic carbocycles. The number of halogens is 2. The zero-order chi connectivity index (χ0) is 24.1. The second-order valence-corrected chi connectivity index (χ2v) is 11.7. The third-order valence-corrected chi connectivity index (χ3v) is 8.09. The second kappa shape index (κ2) is 7.89. The van der Waals surface area contributed by atoms with Crippen LogP contribution in [0.3, 0.4) is 0 Å². The Bertz CT molecular complexity index is 1340. The molecule has 172 valence electrons. The van der Waals surface area contributed by atoms with E-state index in [1.165, 1.54) is 32.2 Å². The SMILES string of the molecule is CN1C(N)=N[C@](C)(c2cc(CC(=O)c3ccc(S(C)(=O)=O)cn3)cc(F)c2F)CS1(=O)=O. The second-order valence-electron chi connectivity index (χ2n) is 7.66. The number of ketones is 1. The van der Waals surface area contributed by atoms with Crippen molar-refractivity contribution in [2.24, 2.45) is 10.7 Å². The first-order valence-corrected chi connectivity index (χ1v) is 12.6. The highest BCUT2D eigenvalue weighted by Crippen LogP contribution is 2.35. The van der Waals surface area contributed by atoms with Gasteiger partial charge in [-0.05, 0) is 36.8 Å². The Morgan fingerprint density at radius 1 is 1.28 bits per heavy atom. The summed E-state index contributed by atoms with van der Waals surface area (Å²) >= 11 is 0. The molecule has 0 amide bonds. The summed E-state index contributed by atoms with van der Waals surface area (Å²) < 4.78 is 77.5. The van der Waals surface area contributed by atoms with Crippen LogP contribution in [-0.4, -0.2) is 56.9 Å². The summed E-state index contributed by atoms with van der Waals surface area (Å²) in [5.74, 6) is -4.19. The maximum atomic E-state index is 14.7. The number of benzene rings is 1. The molecule has 0 saturated carbocycles. The standard InChI is InChI=1S/C19H20F2N4O5S2/c1-19(10-32(29,30)25(2)18(22)24-19)13-6-11(7-14(20)17(13)21)8-16(26)15-5-4-12(9-23-15)31(3,27)28/h4-7,9H,8,10H2,1-3H3,(H2,22,24)/t19-/m0/s1. The van der Waals surface area contributed by atoms with Gasteiger partial charge in [-0.15, -0.1) is 0 Å². The van der Waals surface area contributed by atoms with E-state index in [1.807, 2.05) is 0 Å². The topological polar surface area (TPSA) is 140 Å². The van der Waals surface area contributed by atoms with Crippen molar-refractivity contribution in [2.45, 2.75) is 23.8 Å². The number of sulfonamides is 1. The fraction of sp³-hybridized carbons (Fsp3) is 0.316. The van der Waals surface area contributed by atoms with Gasteiger partial charge >= 0.3 is 0 Å². The molecule has 1 aliphatic heterocycles. The molecule has 2 aromatic rings. The number of hydrogen-bond acceptors (Lipinski definition) is 8. The Hall–Kier alpha value is -2.93. The van der Waals surface area contributed by atoms with Gasteiger partial charge in [-0.25, -0.2) is 34.9 Å². The number of nitrogens with zero attached hydrogens (tertiary/aromatic N) is 3. The molecule has 0 aliphatic carbocycles. The van der Waals surface area contributed by atoms with Crippen LogP contribution in [0.5, 0.6) is 0 Å². The average molecular weight is 487 g/mol. The van der Waals surface area contributed by atoms with Crippen molar-refractivity contribution in [1.29, 1.82) is 0 Å². The van der Waals surface area contributed by atoms with E-state index in [4.69, 9.17) is 5.73 Å². The van der Waals surface area contributed by atoms with Crippen LogP contribution in [0.4, 0.5) is 8.78 Å². The quantitative estimate of drug-likeness (QED) is 0.622. The largest absolute Gasteiger partial charge is 0.369 e. The van der Waals surface area contributed by atoms with Crippen molar-refractivity contribution in [3.05, 3.63) is 58.9 Å². The molecule has 0 unspecified atom stereocenters. The molecule has 13 heteroatoms. The summed E-state index contributed by atoms with van der Waals surface area (Å²) in [7, 11) is -6.23. The maximum absolute atomic E-state index is 14.7. The molecule has 9 nitrogen and oxygen atoms in total. The van der Waals surface area contributed by atoms with Gasteiger partial charge in [0.25, 0.3) is 0 Å². The molecule has 0 radical (unpaired) electrons. The highest BCUT2D eigenvalue weighted by Gasteiger charge is 2.42. The molecule has 1 aliphatic rings. The van der Waals surface area contributed by atoms with Crippen LogP contribution >= 0.6 is 0 Å². The number of hydrogen-bond donors (Lipinski definition) is 1. The van der Waals surface area contributed by atoms with Crippen molar-refractivity contribution < 1.29 is 30.4 Å². The van der Waals surface area contributed by atoms with Crippen LogP contribution in [0.25, 0.3) is 0 Å². The minimum absolute atomic E-state index is 0.0595. The highest BCUT2D eigenvalue weighted by atomic mass is 32.2. The van der Waals surface area contributed by atoms with Crippen molar-refractivity contribution in [1.82, 2.24) is 9.29 Å². The summed E-state index contributed by atoms with van der Waals surface area (Å²) in [4.78, 5) is 20.4. The fourth-order valence-corrected chi connectivity index (χ4v) is 5.28. The Morgan fingerprint density at radius 3 is 2.47 bits per heavy atom.